The first-order valence-electron chi connectivity index (χ1n) is 16.3. The fraction of sp³-hybridized carbons (Fsp3) is 0.361. The molecule has 2 atom stereocenters. The number of hydrogen-bond donors (Lipinski definition) is 3. The molecule has 0 unspecified atom stereocenters. The topological polar surface area (TPSA) is 139 Å². The molecule has 2 aromatic heterocycles. The molecule has 0 radical (unpaired) electrons. The Labute approximate surface area is 294 Å². The summed E-state index contributed by atoms with van der Waals surface area (Å²) in [5.74, 6) is -0.335. The van der Waals surface area contributed by atoms with Crippen molar-refractivity contribution in [2.24, 2.45) is 5.92 Å². The summed E-state index contributed by atoms with van der Waals surface area (Å²) in [6.07, 6.45) is 6.18. The maximum absolute atomic E-state index is 11.4. The number of nitrogens with one attached hydrogen (secondary N) is 2. The summed E-state index contributed by atoms with van der Waals surface area (Å²) in [6.45, 7) is 2.69. The van der Waals surface area contributed by atoms with Gasteiger partial charge in [0.2, 0.25) is 17.7 Å². The first kappa shape index (κ1) is 33.2. The van der Waals surface area contributed by atoms with Gasteiger partial charge < -0.3 is 25.2 Å². The van der Waals surface area contributed by atoms with Gasteiger partial charge in [-0.2, -0.15) is 4.98 Å². The second-order valence-corrected chi connectivity index (χ2v) is 13.5. The number of nitrogens with zero attached hydrogens (tertiary/aromatic N) is 4. The fourth-order valence-corrected chi connectivity index (χ4v) is 7.36. The maximum Gasteiger partial charge on any atom is 0.309 e. The van der Waals surface area contributed by atoms with Gasteiger partial charge in [0.25, 0.3) is 0 Å². The van der Waals surface area contributed by atoms with Crippen molar-refractivity contribution in [1.82, 2.24) is 30.5 Å². The number of methoxy groups -OCH3 is 1. The molecule has 13 heteroatoms. The van der Waals surface area contributed by atoms with E-state index in [-0.39, 0.29) is 24.0 Å². The van der Waals surface area contributed by atoms with E-state index in [0.29, 0.717) is 66.6 Å². The second-order valence-electron chi connectivity index (χ2n) is 12.7. The minimum absolute atomic E-state index is 0.104. The molecule has 2 fully saturated rings. The van der Waals surface area contributed by atoms with E-state index in [2.05, 4.69) is 37.7 Å². The second kappa shape index (κ2) is 14.3. The molecule has 2 saturated heterocycles. The number of carbonyl (C=O) groups excluding carboxylic acids is 1. The Morgan fingerprint density at radius 1 is 1.04 bits per heavy atom. The van der Waals surface area contributed by atoms with E-state index in [9.17, 15) is 14.7 Å². The molecule has 3 aliphatic rings. The van der Waals surface area contributed by atoms with Crippen LogP contribution in [0.1, 0.15) is 47.8 Å². The number of pyridine rings is 1. The van der Waals surface area contributed by atoms with Crippen molar-refractivity contribution in [3.63, 3.8) is 0 Å². The molecule has 0 spiro atoms. The molecule has 7 rings (SSSR count). The summed E-state index contributed by atoms with van der Waals surface area (Å²) in [4.78, 5) is 38.5. The maximum atomic E-state index is 11.4. The van der Waals surface area contributed by atoms with Gasteiger partial charge in [0.05, 0.1) is 41.8 Å². The Morgan fingerprint density at radius 3 is 2.57 bits per heavy atom. The van der Waals surface area contributed by atoms with Crippen LogP contribution in [-0.2, 0) is 29.1 Å². The number of halogens is 2. The smallest absolute Gasteiger partial charge is 0.309 e. The van der Waals surface area contributed by atoms with Crippen LogP contribution in [0.2, 0.25) is 10.0 Å². The van der Waals surface area contributed by atoms with Crippen molar-refractivity contribution in [3.8, 4) is 34.1 Å². The zero-order valence-electron chi connectivity index (χ0n) is 26.9. The van der Waals surface area contributed by atoms with Crippen molar-refractivity contribution in [2.75, 3.05) is 26.7 Å². The Kier molecular flexibility index (Phi) is 9.68. The first-order chi connectivity index (χ1) is 23.8. The predicted molar refractivity (Wildman–Crippen MR) is 185 cm³/mol. The van der Waals surface area contributed by atoms with Crippen LogP contribution in [0.3, 0.4) is 0 Å². The lowest BCUT2D eigenvalue weighted by Gasteiger charge is -2.36. The summed E-state index contributed by atoms with van der Waals surface area (Å²) in [5.41, 5.74) is 7.20. The van der Waals surface area contributed by atoms with Gasteiger partial charge in [-0.05, 0) is 42.0 Å². The molecule has 0 saturated carbocycles. The van der Waals surface area contributed by atoms with Crippen LogP contribution in [0, 0.1) is 5.92 Å². The zero-order chi connectivity index (χ0) is 34.1. The highest BCUT2D eigenvalue weighted by molar-refractivity contribution is 6.36. The number of likely N-dealkylation sites (tertiary alicyclic amines) is 1. The minimum Gasteiger partial charge on any atom is -0.481 e. The van der Waals surface area contributed by atoms with E-state index in [4.69, 9.17) is 32.7 Å². The monoisotopic (exact) mass is 702 g/mol. The standard InChI is InChI=1S/C36H36Cl2N6O5/c1-48-34-20(17-44-18-21(19-44)36(46)47)12-29(37)35(43-34)49-31-10-9-25-24(4-2-5-26(25)31)27-6-3-7-28(33(27)38)30-16-40-23(15-41-30)14-39-13-22-8-11-32(45)42-22/h2-7,12,15-16,21-22,31,39H,8-11,13-14,17-19H2,1H3,(H,42,45)(H,46,47)/t22-,31-/m0/s1. The quantitative estimate of drug-likeness (QED) is 0.174. The number of amides is 1. The number of benzene rings is 2. The predicted octanol–water partition coefficient (Wildman–Crippen LogP) is 5.47. The van der Waals surface area contributed by atoms with Gasteiger partial charge in [0, 0.05) is 61.9 Å². The summed E-state index contributed by atoms with van der Waals surface area (Å²) in [5, 5.41) is 16.5. The van der Waals surface area contributed by atoms with Gasteiger partial charge in [-0.25, -0.2) is 0 Å². The first-order valence-corrected chi connectivity index (χ1v) is 17.1. The molecule has 2 aliphatic heterocycles. The van der Waals surface area contributed by atoms with E-state index < -0.39 is 5.97 Å². The molecule has 1 aliphatic carbocycles. The highest BCUT2D eigenvalue weighted by atomic mass is 35.5. The van der Waals surface area contributed by atoms with Gasteiger partial charge in [-0.3, -0.25) is 24.5 Å². The number of carboxylic acids is 1. The Hall–Kier alpha value is -4.29. The average molecular weight is 704 g/mol. The van der Waals surface area contributed by atoms with E-state index in [1.807, 2.05) is 29.2 Å². The van der Waals surface area contributed by atoms with E-state index >= 15 is 0 Å². The molecule has 4 heterocycles. The molecule has 3 N–H and O–H groups in total. The number of aliphatic carboxylic acids is 1. The minimum atomic E-state index is -0.782. The van der Waals surface area contributed by atoms with Gasteiger partial charge in [0.15, 0.2) is 0 Å². The summed E-state index contributed by atoms with van der Waals surface area (Å²) >= 11 is 13.8. The van der Waals surface area contributed by atoms with Gasteiger partial charge in [-0.15, -0.1) is 0 Å². The van der Waals surface area contributed by atoms with E-state index in [0.717, 1.165) is 58.3 Å². The molecule has 4 aromatic rings. The SMILES string of the molecule is COc1nc(O[C@H]2CCc3c(-c4cccc(-c5cnc(CNC[C@@H]6CCC(=O)N6)cn5)c4Cl)cccc32)c(Cl)cc1CN1CC(C(=O)O)C1. The van der Waals surface area contributed by atoms with E-state index in [1.54, 1.807) is 25.6 Å². The van der Waals surface area contributed by atoms with Crippen LogP contribution in [0.25, 0.3) is 22.4 Å². The summed E-state index contributed by atoms with van der Waals surface area (Å²) < 4.78 is 12.0. The molecule has 254 valence electrons. The van der Waals surface area contributed by atoms with Gasteiger partial charge in [-0.1, -0.05) is 59.6 Å². The van der Waals surface area contributed by atoms with Crippen molar-refractivity contribution >= 4 is 35.1 Å². The Balaban J connectivity index is 1.05. The van der Waals surface area contributed by atoms with Crippen LogP contribution in [-0.4, -0.2) is 69.6 Å². The molecule has 49 heavy (non-hydrogen) atoms. The number of rotatable bonds is 12. The molecule has 0 bridgehead atoms. The highest BCUT2D eigenvalue weighted by Crippen LogP contribution is 2.44. The van der Waals surface area contributed by atoms with Crippen molar-refractivity contribution in [2.45, 2.75) is 50.9 Å². The molecular formula is C36H36Cl2N6O5. The van der Waals surface area contributed by atoms with E-state index in [1.165, 1.54) is 0 Å². The third kappa shape index (κ3) is 7.07. The van der Waals surface area contributed by atoms with Crippen LogP contribution < -0.4 is 20.1 Å². The number of fused-ring (bicyclic) bond motifs is 1. The number of carboxylic acid groups (broad SMARTS) is 1. The number of aromatic nitrogens is 3. The molecule has 2 aromatic carbocycles. The van der Waals surface area contributed by atoms with Gasteiger partial charge >= 0.3 is 5.97 Å². The summed E-state index contributed by atoms with van der Waals surface area (Å²) in [6, 6.07) is 14.0. The van der Waals surface area contributed by atoms with Crippen LogP contribution in [0.4, 0.5) is 0 Å². The molecule has 1 amide bonds. The lowest BCUT2D eigenvalue weighted by molar-refractivity contribution is -0.147. The van der Waals surface area contributed by atoms with Crippen LogP contribution in [0.15, 0.2) is 54.9 Å². The number of carbonyl (C=O) groups is 2. The lowest BCUT2D eigenvalue weighted by Crippen LogP contribution is -2.49. The lowest BCUT2D eigenvalue weighted by atomic mass is 9.95. The number of ether oxygens (including phenoxy) is 2. The molecule has 11 nitrogen and oxygen atoms in total. The van der Waals surface area contributed by atoms with Gasteiger partial charge in [0.1, 0.15) is 11.1 Å². The average Bonchev–Trinajstić information content (AvgIpc) is 3.69. The summed E-state index contributed by atoms with van der Waals surface area (Å²) in [7, 11) is 1.55. The van der Waals surface area contributed by atoms with Crippen molar-refractivity contribution < 1.29 is 24.2 Å². The Bertz CT molecular complexity index is 1880. The largest absolute Gasteiger partial charge is 0.481 e. The third-order valence-electron chi connectivity index (χ3n) is 9.40. The zero-order valence-corrected chi connectivity index (χ0v) is 28.4. The van der Waals surface area contributed by atoms with Crippen LogP contribution in [0.5, 0.6) is 11.8 Å². The fourth-order valence-electron chi connectivity index (χ4n) is 6.82. The highest BCUT2D eigenvalue weighted by Gasteiger charge is 2.34. The Morgan fingerprint density at radius 2 is 1.84 bits per heavy atom. The van der Waals surface area contributed by atoms with Crippen LogP contribution >= 0.6 is 23.2 Å². The normalized spacial score (nSPS) is 19.0. The van der Waals surface area contributed by atoms with Crippen molar-refractivity contribution in [3.05, 3.63) is 87.3 Å². The molecular weight excluding hydrogens is 667 g/mol. The number of hydrogen-bond acceptors (Lipinski definition) is 9. The van der Waals surface area contributed by atoms with Crippen molar-refractivity contribution in [1.29, 1.82) is 0 Å². The third-order valence-corrected chi connectivity index (χ3v) is 10.1.